The quantitative estimate of drug-likeness (QED) is 0.466. The highest BCUT2D eigenvalue weighted by Gasteiger charge is 2.01. The number of aryl methyl sites for hydroxylation is 1. The zero-order chi connectivity index (χ0) is 14.8. The fraction of sp³-hybridized carbons (Fsp3) is 0.550. The molecule has 0 aliphatic rings. The highest BCUT2D eigenvalue weighted by atomic mass is 14.6. The van der Waals surface area contributed by atoms with Crippen LogP contribution in [0.5, 0.6) is 0 Å². The Morgan fingerprint density at radius 1 is 0.762 bits per heavy atom. The Labute approximate surface area is 129 Å². The number of hydrogen-bond donors (Lipinski definition) is 0. The average Bonchev–Trinajstić information content (AvgIpc) is 2.53. The van der Waals surface area contributed by atoms with Gasteiger partial charge in [-0.2, -0.15) is 0 Å². The second kappa shape index (κ2) is 9.55. The lowest BCUT2D eigenvalue weighted by Gasteiger charge is -2.06. The number of hydrogen-bond acceptors (Lipinski definition) is 1. The lowest BCUT2D eigenvalue weighted by atomic mass is 10.0. The highest BCUT2D eigenvalue weighted by molar-refractivity contribution is 5.81. The standard InChI is InChI=1S/C20H29N/c1-2-3-4-5-6-7-8-9-10-13-18-14-11-15-19-16-12-17-21-20(18)19/h11-12,14-17H,2-10,13H2,1H3. The highest BCUT2D eigenvalue weighted by Crippen LogP contribution is 2.18. The number of pyridine rings is 1. The smallest absolute Gasteiger partial charge is 0.0733 e. The molecule has 1 aromatic carbocycles. The number of aromatic nitrogens is 1. The third-order valence-corrected chi connectivity index (χ3v) is 4.27. The molecule has 0 aliphatic carbocycles. The van der Waals surface area contributed by atoms with Crippen molar-refractivity contribution in [3.63, 3.8) is 0 Å². The third-order valence-electron chi connectivity index (χ3n) is 4.27. The van der Waals surface area contributed by atoms with Crippen molar-refractivity contribution in [2.45, 2.75) is 71.1 Å². The number of benzene rings is 1. The van der Waals surface area contributed by atoms with Crippen molar-refractivity contribution in [3.8, 4) is 0 Å². The van der Waals surface area contributed by atoms with E-state index in [4.69, 9.17) is 0 Å². The van der Waals surface area contributed by atoms with E-state index in [1.54, 1.807) is 0 Å². The lowest BCUT2D eigenvalue weighted by Crippen LogP contribution is -1.90. The third kappa shape index (κ3) is 5.49. The van der Waals surface area contributed by atoms with E-state index in [0.717, 1.165) is 0 Å². The molecule has 0 saturated heterocycles. The van der Waals surface area contributed by atoms with Gasteiger partial charge in [0.1, 0.15) is 0 Å². The fourth-order valence-electron chi connectivity index (χ4n) is 3.00. The molecule has 2 rings (SSSR count). The van der Waals surface area contributed by atoms with Gasteiger partial charge >= 0.3 is 0 Å². The van der Waals surface area contributed by atoms with Crippen LogP contribution in [0.25, 0.3) is 10.9 Å². The van der Waals surface area contributed by atoms with Gasteiger partial charge in [0, 0.05) is 11.6 Å². The average molecular weight is 283 g/mol. The van der Waals surface area contributed by atoms with Gasteiger partial charge in [-0.1, -0.05) is 82.6 Å². The summed E-state index contributed by atoms with van der Waals surface area (Å²) in [5, 5.41) is 1.27. The van der Waals surface area contributed by atoms with Gasteiger partial charge in [-0.25, -0.2) is 0 Å². The van der Waals surface area contributed by atoms with E-state index in [0.29, 0.717) is 0 Å². The molecule has 0 saturated carbocycles. The first-order valence-corrected chi connectivity index (χ1v) is 8.74. The molecule has 1 heteroatoms. The van der Waals surface area contributed by atoms with Crippen molar-refractivity contribution in [3.05, 3.63) is 42.1 Å². The molecule has 0 spiro atoms. The first-order valence-electron chi connectivity index (χ1n) is 8.74. The number of para-hydroxylation sites is 1. The van der Waals surface area contributed by atoms with Crippen LogP contribution in [-0.2, 0) is 6.42 Å². The molecular weight excluding hydrogens is 254 g/mol. The Balaban J connectivity index is 1.64. The van der Waals surface area contributed by atoms with Gasteiger partial charge in [0.05, 0.1) is 5.52 Å². The molecule has 0 N–H and O–H groups in total. The molecule has 0 radical (unpaired) electrons. The molecule has 2 aromatic rings. The van der Waals surface area contributed by atoms with Gasteiger partial charge in [-0.15, -0.1) is 0 Å². The summed E-state index contributed by atoms with van der Waals surface area (Å²) >= 11 is 0. The van der Waals surface area contributed by atoms with Crippen LogP contribution in [-0.4, -0.2) is 4.98 Å². The van der Waals surface area contributed by atoms with E-state index >= 15 is 0 Å². The minimum atomic E-state index is 1.17. The molecule has 0 aliphatic heterocycles. The number of rotatable bonds is 10. The van der Waals surface area contributed by atoms with Crippen molar-refractivity contribution < 1.29 is 0 Å². The van der Waals surface area contributed by atoms with Crippen LogP contribution in [0.4, 0.5) is 0 Å². The van der Waals surface area contributed by atoms with Crippen molar-refractivity contribution in [1.82, 2.24) is 4.98 Å². The SMILES string of the molecule is CCCCCCCCCCCc1cccc2cccnc12. The topological polar surface area (TPSA) is 12.9 Å². The molecular formula is C20H29N. The van der Waals surface area contributed by atoms with E-state index in [9.17, 15) is 0 Å². The van der Waals surface area contributed by atoms with E-state index in [-0.39, 0.29) is 0 Å². The number of nitrogens with zero attached hydrogens (tertiary/aromatic N) is 1. The molecule has 0 fully saturated rings. The normalized spacial score (nSPS) is 11.1. The van der Waals surface area contributed by atoms with Gasteiger partial charge in [0.2, 0.25) is 0 Å². The van der Waals surface area contributed by atoms with E-state index in [1.807, 2.05) is 12.3 Å². The second-order valence-electron chi connectivity index (χ2n) is 6.07. The molecule has 1 nitrogen and oxygen atoms in total. The van der Waals surface area contributed by atoms with Crippen molar-refractivity contribution >= 4 is 10.9 Å². The van der Waals surface area contributed by atoms with Crippen molar-refractivity contribution in [2.24, 2.45) is 0 Å². The predicted molar refractivity (Wildman–Crippen MR) is 92.7 cm³/mol. The maximum atomic E-state index is 4.54. The fourth-order valence-corrected chi connectivity index (χ4v) is 3.00. The first kappa shape index (κ1) is 16.0. The first-order chi connectivity index (χ1) is 10.4. The molecule has 1 aromatic heterocycles. The van der Waals surface area contributed by atoms with Crippen molar-refractivity contribution in [1.29, 1.82) is 0 Å². The largest absolute Gasteiger partial charge is 0.256 e. The summed E-state index contributed by atoms with van der Waals surface area (Å²) in [5.74, 6) is 0. The minimum absolute atomic E-state index is 1.17. The summed E-state index contributed by atoms with van der Waals surface area (Å²) < 4.78 is 0. The Morgan fingerprint density at radius 3 is 2.19 bits per heavy atom. The zero-order valence-electron chi connectivity index (χ0n) is 13.5. The van der Waals surface area contributed by atoms with Crippen LogP contribution < -0.4 is 0 Å². The molecule has 0 unspecified atom stereocenters. The number of fused-ring (bicyclic) bond motifs is 1. The molecule has 114 valence electrons. The monoisotopic (exact) mass is 283 g/mol. The van der Waals surface area contributed by atoms with Gasteiger partial charge in [0.15, 0.2) is 0 Å². The van der Waals surface area contributed by atoms with Gasteiger partial charge in [-0.05, 0) is 24.5 Å². The van der Waals surface area contributed by atoms with Crippen LogP contribution >= 0.6 is 0 Å². The number of unbranched alkanes of at least 4 members (excludes halogenated alkanes) is 8. The van der Waals surface area contributed by atoms with E-state index in [1.165, 1.54) is 80.7 Å². The minimum Gasteiger partial charge on any atom is -0.256 e. The molecule has 0 amide bonds. The summed E-state index contributed by atoms with van der Waals surface area (Å²) in [6, 6.07) is 10.7. The van der Waals surface area contributed by atoms with Crippen LogP contribution in [0, 0.1) is 0 Å². The lowest BCUT2D eigenvalue weighted by molar-refractivity contribution is 0.565. The Hall–Kier alpha value is -1.37. The van der Waals surface area contributed by atoms with Crippen LogP contribution in [0.15, 0.2) is 36.5 Å². The van der Waals surface area contributed by atoms with Crippen molar-refractivity contribution in [2.75, 3.05) is 0 Å². The maximum Gasteiger partial charge on any atom is 0.0733 e. The molecule has 1 heterocycles. The van der Waals surface area contributed by atoms with E-state index in [2.05, 4.69) is 36.2 Å². The summed E-state index contributed by atoms with van der Waals surface area (Å²) in [6.45, 7) is 2.28. The second-order valence-corrected chi connectivity index (χ2v) is 6.07. The maximum absolute atomic E-state index is 4.54. The Kier molecular flexibility index (Phi) is 7.28. The molecule has 0 bridgehead atoms. The summed E-state index contributed by atoms with van der Waals surface area (Å²) in [6.07, 6.45) is 15.6. The van der Waals surface area contributed by atoms with Gasteiger partial charge in [0.25, 0.3) is 0 Å². The van der Waals surface area contributed by atoms with Gasteiger partial charge in [-0.3, -0.25) is 4.98 Å². The summed E-state index contributed by atoms with van der Waals surface area (Å²) in [4.78, 5) is 4.54. The van der Waals surface area contributed by atoms with E-state index < -0.39 is 0 Å². The molecule has 21 heavy (non-hydrogen) atoms. The summed E-state index contributed by atoms with van der Waals surface area (Å²) in [5.41, 5.74) is 2.61. The van der Waals surface area contributed by atoms with Gasteiger partial charge < -0.3 is 0 Å². The molecule has 0 atom stereocenters. The van der Waals surface area contributed by atoms with Crippen LogP contribution in [0.3, 0.4) is 0 Å². The Morgan fingerprint density at radius 2 is 1.43 bits per heavy atom. The zero-order valence-corrected chi connectivity index (χ0v) is 13.5. The van der Waals surface area contributed by atoms with Crippen LogP contribution in [0.1, 0.15) is 70.3 Å². The predicted octanol–water partition coefficient (Wildman–Crippen LogP) is 6.31. The van der Waals surface area contributed by atoms with Crippen LogP contribution in [0.2, 0.25) is 0 Å². The Bertz CT molecular complexity index is 513. The summed E-state index contributed by atoms with van der Waals surface area (Å²) in [7, 11) is 0.